The van der Waals surface area contributed by atoms with Gasteiger partial charge in [0, 0.05) is 56.3 Å². The molecule has 7 heteroatoms. The van der Waals surface area contributed by atoms with Crippen LogP contribution in [-0.2, 0) is 26.9 Å². The molecular formula is C28H37N3O3S. The summed E-state index contributed by atoms with van der Waals surface area (Å²) >= 11 is 0. The molecule has 188 valence electrons. The van der Waals surface area contributed by atoms with Crippen LogP contribution in [0.25, 0.3) is 16.7 Å². The number of rotatable bonds is 9. The van der Waals surface area contributed by atoms with Crippen molar-refractivity contribution in [2.75, 3.05) is 52.2 Å². The molecule has 2 atom stereocenters. The third kappa shape index (κ3) is 6.47. The van der Waals surface area contributed by atoms with Crippen molar-refractivity contribution in [3.8, 4) is 11.1 Å². The van der Waals surface area contributed by atoms with Gasteiger partial charge in [-0.2, -0.15) is 0 Å². The van der Waals surface area contributed by atoms with Crippen molar-refractivity contribution in [1.29, 1.82) is 0 Å². The number of nitrogens with two attached hydrogens (primary N) is 1. The highest BCUT2D eigenvalue weighted by Crippen LogP contribution is 2.27. The smallest absolute Gasteiger partial charge is 0.236 e. The molecule has 35 heavy (non-hydrogen) atoms. The van der Waals surface area contributed by atoms with Crippen LogP contribution in [0, 0.1) is 0 Å². The normalized spacial score (nSPS) is 20.1. The minimum absolute atomic E-state index is 0.488. The number of hydrogen-bond donors (Lipinski definition) is 1. The lowest BCUT2D eigenvalue weighted by Crippen LogP contribution is -2.47. The zero-order valence-corrected chi connectivity index (χ0v) is 21.7. The van der Waals surface area contributed by atoms with E-state index in [1.807, 2.05) is 0 Å². The quantitative estimate of drug-likeness (QED) is 0.578. The molecular weight excluding hydrogens is 458 g/mol. The maximum Gasteiger partial charge on any atom is 0.236 e. The summed E-state index contributed by atoms with van der Waals surface area (Å²) in [5, 5.41) is 0. The first-order valence-corrected chi connectivity index (χ1v) is 14.0. The van der Waals surface area contributed by atoms with Gasteiger partial charge in [0.1, 0.15) is 4.75 Å². The van der Waals surface area contributed by atoms with Crippen molar-refractivity contribution in [2.45, 2.75) is 31.1 Å². The second-order valence-corrected chi connectivity index (χ2v) is 11.6. The van der Waals surface area contributed by atoms with Gasteiger partial charge in [0.2, 0.25) is 5.91 Å². The molecule has 1 amide bonds. The first kappa shape index (κ1) is 25.8. The topological polar surface area (TPSA) is 75.9 Å². The van der Waals surface area contributed by atoms with Gasteiger partial charge in [-0.3, -0.25) is 18.8 Å². The Morgan fingerprint density at radius 1 is 0.971 bits per heavy atom. The van der Waals surface area contributed by atoms with Crippen LogP contribution in [-0.4, -0.2) is 76.9 Å². The van der Waals surface area contributed by atoms with Gasteiger partial charge in [-0.1, -0.05) is 54.6 Å². The van der Waals surface area contributed by atoms with Gasteiger partial charge in [0.05, 0.1) is 13.2 Å². The third-order valence-electron chi connectivity index (χ3n) is 7.41. The largest absolute Gasteiger partial charge is 0.379 e. The second kappa shape index (κ2) is 11.6. The Labute approximate surface area is 211 Å². The third-order valence-corrected chi connectivity index (χ3v) is 9.08. The zero-order chi connectivity index (χ0) is 24.8. The summed E-state index contributed by atoms with van der Waals surface area (Å²) in [7, 11) is -1.29. The second-order valence-electron chi connectivity index (χ2n) is 9.74. The summed E-state index contributed by atoms with van der Waals surface area (Å²) in [6, 6.07) is 17.7. The van der Waals surface area contributed by atoms with Crippen LogP contribution in [0.5, 0.6) is 0 Å². The summed E-state index contributed by atoms with van der Waals surface area (Å²) in [5.74, 6) is -0.488. The van der Waals surface area contributed by atoms with E-state index in [1.165, 1.54) is 27.8 Å². The summed E-state index contributed by atoms with van der Waals surface area (Å²) < 4.78 is 16.5. The number of carbonyl (C=O) groups excluding carboxylic acids is 1. The molecule has 2 aromatic rings. The van der Waals surface area contributed by atoms with Gasteiger partial charge >= 0.3 is 0 Å². The molecule has 2 heterocycles. The first-order valence-electron chi connectivity index (χ1n) is 12.4. The Morgan fingerprint density at radius 3 is 2.11 bits per heavy atom. The van der Waals surface area contributed by atoms with E-state index in [0.717, 1.165) is 52.4 Å². The highest BCUT2D eigenvalue weighted by Gasteiger charge is 2.35. The lowest BCUT2D eigenvalue weighted by molar-refractivity contribution is -0.120. The van der Waals surface area contributed by atoms with Gasteiger partial charge < -0.3 is 10.5 Å². The Morgan fingerprint density at radius 2 is 1.57 bits per heavy atom. The number of amides is 1. The number of hydrogen-bond acceptors (Lipinski definition) is 5. The fourth-order valence-corrected chi connectivity index (χ4v) is 5.32. The van der Waals surface area contributed by atoms with Crippen LogP contribution in [0.3, 0.4) is 0 Å². The van der Waals surface area contributed by atoms with Crippen molar-refractivity contribution < 1.29 is 13.7 Å². The fraction of sp³-hybridized carbons (Fsp3) is 0.464. The Hall–Kier alpha value is -2.32. The van der Waals surface area contributed by atoms with Gasteiger partial charge in [0.25, 0.3) is 0 Å². The van der Waals surface area contributed by atoms with Crippen LogP contribution < -0.4 is 5.73 Å². The van der Waals surface area contributed by atoms with Crippen molar-refractivity contribution in [3.05, 3.63) is 65.7 Å². The number of primary amides is 1. The van der Waals surface area contributed by atoms with E-state index in [1.54, 1.807) is 13.2 Å². The first-order chi connectivity index (χ1) is 16.8. The summed E-state index contributed by atoms with van der Waals surface area (Å²) in [4.78, 5) is 16.5. The number of nitrogens with zero attached hydrogens (tertiary/aromatic N) is 2. The molecule has 0 aromatic heterocycles. The van der Waals surface area contributed by atoms with Crippen LogP contribution in [0.2, 0.25) is 0 Å². The highest BCUT2D eigenvalue weighted by atomic mass is 32.2. The monoisotopic (exact) mass is 495 g/mol. The van der Waals surface area contributed by atoms with Gasteiger partial charge in [-0.15, -0.1) is 0 Å². The predicted molar refractivity (Wildman–Crippen MR) is 143 cm³/mol. The lowest BCUT2D eigenvalue weighted by atomic mass is 9.96. The molecule has 2 aromatic carbocycles. The van der Waals surface area contributed by atoms with E-state index >= 15 is 0 Å². The van der Waals surface area contributed by atoms with Crippen LogP contribution >= 0.6 is 0 Å². The predicted octanol–water partition coefficient (Wildman–Crippen LogP) is 3.29. The average molecular weight is 496 g/mol. The maximum absolute atomic E-state index is 12.0. The van der Waals surface area contributed by atoms with E-state index in [-0.39, 0.29) is 0 Å². The molecule has 0 spiro atoms. The molecule has 0 aliphatic carbocycles. The summed E-state index contributed by atoms with van der Waals surface area (Å²) in [5.41, 5.74) is 11.9. The molecule has 6 nitrogen and oxygen atoms in total. The molecule has 1 saturated heterocycles. The zero-order valence-electron chi connectivity index (χ0n) is 20.9. The SMILES string of the molecule is CS(=O)C(C)(CCN1CC=C(c2ccc(-c3ccc(CN4CCOCC4)cc3)cc2)CC1)C(N)=O. The Kier molecular flexibility index (Phi) is 8.55. The number of carbonyl (C=O) groups is 1. The van der Waals surface area contributed by atoms with E-state index in [4.69, 9.17) is 10.5 Å². The van der Waals surface area contributed by atoms with Crippen molar-refractivity contribution in [3.63, 3.8) is 0 Å². The minimum Gasteiger partial charge on any atom is -0.379 e. The molecule has 1 fully saturated rings. The molecule has 0 bridgehead atoms. The number of morpholine rings is 1. The van der Waals surface area contributed by atoms with E-state index in [2.05, 4.69) is 64.4 Å². The summed E-state index contributed by atoms with van der Waals surface area (Å²) in [6.45, 7) is 8.80. The summed E-state index contributed by atoms with van der Waals surface area (Å²) in [6.07, 6.45) is 5.29. The average Bonchev–Trinajstić information content (AvgIpc) is 2.88. The van der Waals surface area contributed by atoms with E-state index < -0.39 is 21.5 Å². The van der Waals surface area contributed by atoms with Crippen LogP contribution in [0.4, 0.5) is 0 Å². The van der Waals surface area contributed by atoms with Gasteiger partial charge in [0.15, 0.2) is 0 Å². The van der Waals surface area contributed by atoms with E-state index in [9.17, 15) is 9.00 Å². The number of benzene rings is 2. The standard InChI is InChI=1S/C28H37N3O3S/c1-28(27(29)32,35(2)33)13-16-30-14-11-26(12-15-30)25-9-7-24(8-10-25)23-5-3-22(4-6-23)21-31-17-19-34-20-18-31/h3-11H,12-21H2,1-2H3,(H2,29,32). The van der Waals surface area contributed by atoms with Crippen molar-refractivity contribution in [1.82, 2.24) is 9.80 Å². The lowest BCUT2D eigenvalue weighted by Gasteiger charge is -2.30. The van der Waals surface area contributed by atoms with Gasteiger partial charge in [-0.25, -0.2) is 0 Å². The van der Waals surface area contributed by atoms with Crippen LogP contribution in [0.15, 0.2) is 54.6 Å². The van der Waals surface area contributed by atoms with Crippen LogP contribution in [0.1, 0.15) is 30.9 Å². The van der Waals surface area contributed by atoms with Crippen molar-refractivity contribution in [2.24, 2.45) is 5.73 Å². The molecule has 4 rings (SSSR count). The van der Waals surface area contributed by atoms with Crippen molar-refractivity contribution >= 4 is 22.3 Å². The molecule has 2 aliphatic rings. The fourth-order valence-electron chi connectivity index (χ4n) is 4.65. The highest BCUT2D eigenvalue weighted by molar-refractivity contribution is 7.86. The van der Waals surface area contributed by atoms with Gasteiger partial charge in [-0.05, 0) is 47.6 Å². The molecule has 0 radical (unpaired) electrons. The molecule has 2 unspecified atom stereocenters. The Bertz CT molecular complexity index is 1050. The van der Waals surface area contributed by atoms with E-state index in [0.29, 0.717) is 13.0 Å². The molecule has 2 N–H and O–H groups in total. The minimum atomic E-state index is -1.29. The Balaban J connectivity index is 1.32. The molecule has 0 saturated carbocycles. The number of ether oxygens (including phenoxy) is 1. The maximum atomic E-state index is 12.0. The molecule has 2 aliphatic heterocycles.